The van der Waals surface area contributed by atoms with Gasteiger partial charge in [-0.25, -0.2) is 9.97 Å². The SMILES string of the molecule is OCC(CO)N1CCC(Cc2cnc(Nc3cnccn3)cn2)CC1. The van der Waals surface area contributed by atoms with Gasteiger partial charge >= 0.3 is 0 Å². The molecule has 0 saturated carbocycles. The smallest absolute Gasteiger partial charge is 0.150 e. The lowest BCUT2D eigenvalue weighted by Gasteiger charge is -2.36. The van der Waals surface area contributed by atoms with Crippen molar-refractivity contribution >= 4 is 11.6 Å². The van der Waals surface area contributed by atoms with Crippen molar-refractivity contribution in [2.45, 2.75) is 25.3 Å². The Bertz CT molecular complexity index is 627. The number of rotatable bonds is 7. The van der Waals surface area contributed by atoms with Crippen molar-refractivity contribution in [1.82, 2.24) is 24.8 Å². The Balaban J connectivity index is 1.49. The van der Waals surface area contributed by atoms with Crippen LogP contribution in [0.4, 0.5) is 11.6 Å². The minimum atomic E-state index is -0.132. The average Bonchev–Trinajstić information content (AvgIpc) is 2.66. The molecule has 2 aromatic heterocycles. The van der Waals surface area contributed by atoms with Gasteiger partial charge < -0.3 is 15.5 Å². The molecule has 0 amide bonds. The molecule has 3 heterocycles. The zero-order valence-corrected chi connectivity index (χ0v) is 14.1. The van der Waals surface area contributed by atoms with Crippen molar-refractivity contribution in [3.05, 3.63) is 36.7 Å². The molecule has 1 fully saturated rings. The standard InChI is InChI=1S/C17H24N6O2/c24-11-15(12-25)23-5-1-13(2-6-23)7-14-8-21-17(10-20-14)22-16-9-18-3-4-19-16/h3-4,8-10,13,15,24-25H,1-2,5-7,11-12H2,(H,19,21,22). The van der Waals surface area contributed by atoms with Gasteiger partial charge in [-0.2, -0.15) is 0 Å². The van der Waals surface area contributed by atoms with Gasteiger partial charge in [-0.1, -0.05) is 0 Å². The van der Waals surface area contributed by atoms with E-state index >= 15 is 0 Å². The largest absolute Gasteiger partial charge is 0.395 e. The third-order valence-electron chi connectivity index (χ3n) is 4.61. The number of hydrogen-bond donors (Lipinski definition) is 3. The zero-order chi connectivity index (χ0) is 17.5. The average molecular weight is 344 g/mol. The monoisotopic (exact) mass is 344 g/mol. The zero-order valence-electron chi connectivity index (χ0n) is 14.1. The van der Waals surface area contributed by atoms with E-state index in [1.165, 1.54) is 0 Å². The predicted molar refractivity (Wildman–Crippen MR) is 93.3 cm³/mol. The fraction of sp³-hybridized carbons (Fsp3) is 0.529. The van der Waals surface area contributed by atoms with Crippen molar-refractivity contribution in [3.63, 3.8) is 0 Å². The number of nitrogens with one attached hydrogen (secondary N) is 1. The van der Waals surface area contributed by atoms with Gasteiger partial charge in [0.15, 0.2) is 0 Å². The Morgan fingerprint density at radius 1 is 1.00 bits per heavy atom. The maximum absolute atomic E-state index is 9.28. The highest BCUT2D eigenvalue weighted by molar-refractivity contribution is 5.48. The molecule has 2 aromatic rings. The normalized spacial score (nSPS) is 16.3. The molecule has 0 unspecified atom stereocenters. The Morgan fingerprint density at radius 2 is 1.76 bits per heavy atom. The summed E-state index contributed by atoms with van der Waals surface area (Å²) in [6.07, 6.45) is 11.4. The quantitative estimate of drug-likeness (QED) is 0.671. The van der Waals surface area contributed by atoms with Gasteiger partial charge in [0.05, 0.1) is 43.5 Å². The number of piperidine rings is 1. The first kappa shape index (κ1) is 17.7. The second-order valence-electron chi connectivity index (χ2n) is 6.31. The number of nitrogens with zero attached hydrogens (tertiary/aromatic N) is 5. The summed E-state index contributed by atoms with van der Waals surface area (Å²) in [4.78, 5) is 19.2. The van der Waals surface area contributed by atoms with E-state index in [9.17, 15) is 10.2 Å². The Kier molecular flexibility index (Phi) is 6.21. The van der Waals surface area contributed by atoms with Crippen LogP contribution in [0.1, 0.15) is 18.5 Å². The minimum Gasteiger partial charge on any atom is -0.395 e. The van der Waals surface area contributed by atoms with Gasteiger partial charge in [0.2, 0.25) is 0 Å². The Hall–Kier alpha value is -2.16. The van der Waals surface area contributed by atoms with E-state index in [4.69, 9.17) is 0 Å². The fourth-order valence-electron chi connectivity index (χ4n) is 3.13. The van der Waals surface area contributed by atoms with E-state index in [2.05, 4.69) is 30.2 Å². The van der Waals surface area contributed by atoms with Crippen LogP contribution in [0.25, 0.3) is 0 Å². The number of aliphatic hydroxyl groups is 2. The van der Waals surface area contributed by atoms with Crippen molar-refractivity contribution in [2.24, 2.45) is 5.92 Å². The molecule has 1 aliphatic heterocycles. The summed E-state index contributed by atoms with van der Waals surface area (Å²) in [6, 6.07) is -0.132. The minimum absolute atomic E-state index is 0.00684. The van der Waals surface area contributed by atoms with Crippen LogP contribution >= 0.6 is 0 Å². The van der Waals surface area contributed by atoms with Crippen LogP contribution in [0.2, 0.25) is 0 Å². The van der Waals surface area contributed by atoms with Crippen LogP contribution in [-0.2, 0) is 6.42 Å². The highest BCUT2D eigenvalue weighted by atomic mass is 16.3. The molecule has 3 N–H and O–H groups in total. The van der Waals surface area contributed by atoms with Crippen LogP contribution in [0.15, 0.2) is 31.0 Å². The molecule has 0 bridgehead atoms. The van der Waals surface area contributed by atoms with E-state index < -0.39 is 0 Å². The van der Waals surface area contributed by atoms with Crippen molar-refractivity contribution < 1.29 is 10.2 Å². The van der Waals surface area contributed by atoms with Crippen LogP contribution < -0.4 is 5.32 Å². The topological polar surface area (TPSA) is 107 Å². The van der Waals surface area contributed by atoms with Gasteiger partial charge in [0.25, 0.3) is 0 Å². The summed E-state index contributed by atoms with van der Waals surface area (Å²) in [5, 5.41) is 21.6. The van der Waals surface area contributed by atoms with Gasteiger partial charge in [-0.15, -0.1) is 0 Å². The molecule has 0 atom stereocenters. The number of anilines is 2. The number of aromatic nitrogens is 4. The van der Waals surface area contributed by atoms with Gasteiger partial charge in [-0.05, 0) is 38.3 Å². The highest BCUT2D eigenvalue weighted by Crippen LogP contribution is 2.22. The first-order valence-corrected chi connectivity index (χ1v) is 8.58. The van der Waals surface area contributed by atoms with E-state index in [-0.39, 0.29) is 19.3 Å². The fourth-order valence-corrected chi connectivity index (χ4v) is 3.13. The molecule has 1 saturated heterocycles. The van der Waals surface area contributed by atoms with E-state index in [0.717, 1.165) is 38.0 Å². The Labute approximate surface area is 147 Å². The second kappa shape index (κ2) is 8.80. The van der Waals surface area contributed by atoms with Crippen molar-refractivity contribution in [2.75, 3.05) is 31.6 Å². The first-order valence-electron chi connectivity index (χ1n) is 8.58. The molecular weight excluding hydrogens is 320 g/mol. The number of aliphatic hydroxyl groups excluding tert-OH is 2. The predicted octanol–water partition coefficient (Wildman–Crippen LogP) is 0.618. The molecule has 8 nitrogen and oxygen atoms in total. The third kappa shape index (κ3) is 4.91. The van der Waals surface area contributed by atoms with Crippen molar-refractivity contribution in [1.29, 1.82) is 0 Å². The molecule has 0 aliphatic carbocycles. The summed E-state index contributed by atoms with van der Waals surface area (Å²) in [5.74, 6) is 1.84. The summed E-state index contributed by atoms with van der Waals surface area (Å²) in [7, 11) is 0. The van der Waals surface area contributed by atoms with Gasteiger partial charge in [0, 0.05) is 12.4 Å². The lowest BCUT2D eigenvalue weighted by atomic mass is 9.91. The summed E-state index contributed by atoms with van der Waals surface area (Å²) < 4.78 is 0. The van der Waals surface area contributed by atoms with Crippen LogP contribution in [0, 0.1) is 5.92 Å². The van der Waals surface area contributed by atoms with Crippen LogP contribution in [-0.4, -0.2) is 67.4 Å². The number of likely N-dealkylation sites (tertiary alicyclic amines) is 1. The molecule has 0 spiro atoms. The summed E-state index contributed by atoms with van der Waals surface area (Å²) >= 11 is 0. The molecule has 25 heavy (non-hydrogen) atoms. The van der Waals surface area contributed by atoms with Gasteiger partial charge in [-0.3, -0.25) is 14.9 Å². The molecule has 0 aromatic carbocycles. The summed E-state index contributed by atoms with van der Waals surface area (Å²) in [6.45, 7) is 1.81. The lowest BCUT2D eigenvalue weighted by Crippen LogP contribution is -2.45. The summed E-state index contributed by atoms with van der Waals surface area (Å²) in [5.41, 5.74) is 0.976. The maximum atomic E-state index is 9.28. The molecule has 3 rings (SSSR count). The molecular formula is C17H24N6O2. The highest BCUT2D eigenvalue weighted by Gasteiger charge is 2.24. The molecule has 8 heteroatoms. The van der Waals surface area contributed by atoms with Crippen LogP contribution in [0.3, 0.4) is 0 Å². The lowest BCUT2D eigenvalue weighted by molar-refractivity contribution is 0.0493. The molecule has 1 aliphatic rings. The Morgan fingerprint density at radius 3 is 2.36 bits per heavy atom. The third-order valence-corrected chi connectivity index (χ3v) is 4.61. The van der Waals surface area contributed by atoms with Crippen LogP contribution in [0.5, 0.6) is 0 Å². The second-order valence-corrected chi connectivity index (χ2v) is 6.31. The first-order chi connectivity index (χ1) is 12.3. The number of hydrogen-bond acceptors (Lipinski definition) is 8. The van der Waals surface area contributed by atoms with Crippen molar-refractivity contribution in [3.8, 4) is 0 Å². The molecule has 134 valence electrons. The molecule has 0 radical (unpaired) electrons. The van der Waals surface area contributed by atoms with E-state index in [1.807, 2.05) is 0 Å². The van der Waals surface area contributed by atoms with E-state index in [0.29, 0.717) is 17.6 Å². The van der Waals surface area contributed by atoms with E-state index in [1.54, 1.807) is 31.0 Å². The van der Waals surface area contributed by atoms with Gasteiger partial charge in [0.1, 0.15) is 11.6 Å². The maximum Gasteiger partial charge on any atom is 0.150 e.